The lowest BCUT2D eigenvalue weighted by Crippen LogP contribution is -2.07. The van der Waals surface area contributed by atoms with Crippen LogP contribution in [0.3, 0.4) is 0 Å². The zero-order valence-electron chi connectivity index (χ0n) is 17.9. The lowest BCUT2D eigenvalue weighted by molar-refractivity contribution is -0.140. The number of aromatic nitrogens is 3. The van der Waals surface area contributed by atoms with Gasteiger partial charge in [0.25, 0.3) is 5.89 Å². The van der Waals surface area contributed by atoms with Crippen molar-refractivity contribution in [2.24, 2.45) is 0 Å². The maximum atomic E-state index is 13.7. The first-order chi connectivity index (χ1) is 14.8. The van der Waals surface area contributed by atoms with Crippen LogP contribution in [0.2, 0.25) is 0 Å². The van der Waals surface area contributed by atoms with Gasteiger partial charge in [-0.3, -0.25) is 0 Å². The number of nitrogens with zero attached hydrogens (tertiary/aromatic N) is 4. The lowest BCUT2D eigenvalue weighted by atomic mass is 10.1. The molecule has 0 aliphatic rings. The van der Waals surface area contributed by atoms with Crippen molar-refractivity contribution in [3.63, 3.8) is 0 Å². The molecule has 2 aromatic heterocycles. The summed E-state index contributed by atoms with van der Waals surface area (Å²) in [7, 11) is 0. The van der Waals surface area contributed by atoms with Crippen molar-refractivity contribution in [2.45, 2.75) is 47.3 Å². The summed E-state index contributed by atoms with van der Waals surface area (Å²) in [5, 5.41) is 13.2. The molecule has 2 heterocycles. The average molecular weight is 422 g/mol. The van der Waals surface area contributed by atoms with Gasteiger partial charge in [-0.05, 0) is 56.5 Å². The highest BCUT2D eigenvalue weighted by Crippen LogP contribution is 2.21. The Balaban J connectivity index is 1.70. The predicted octanol–water partition coefficient (Wildman–Crippen LogP) is 4.66. The van der Waals surface area contributed by atoms with Gasteiger partial charge in [0.2, 0.25) is 5.82 Å². The van der Waals surface area contributed by atoms with Gasteiger partial charge in [0, 0.05) is 23.5 Å². The summed E-state index contributed by atoms with van der Waals surface area (Å²) in [6.45, 7) is 8.24. The number of carbonyl (C=O) groups excluding carboxylic acids is 1. The first-order valence-electron chi connectivity index (χ1n) is 9.88. The van der Waals surface area contributed by atoms with Crippen LogP contribution >= 0.6 is 0 Å². The van der Waals surface area contributed by atoms with Crippen molar-refractivity contribution in [1.29, 1.82) is 5.26 Å². The summed E-state index contributed by atoms with van der Waals surface area (Å²) in [4.78, 5) is 16.5. The van der Waals surface area contributed by atoms with Crippen LogP contribution in [0, 0.1) is 37.9 Å². The van der Waals surface area contributed by atoms with Gasteiger partial charge >= 0.3 is 5.97 Å². The van der Waals surface area contributed by atoms with Gasteiger partial charge in [-0.1, -0.05) is 24.2 Å². The van der Waals surface area contributed by atoms with Crippen LogP contribution in [0.25, 0.3) is 17.5 Å². The van der Waals surface area contributed by atoms with Crippen molar-refractivity contribution in [3.05, 3.63) is 64.1 Å². The third-order valence-electron chi connectivity index (χ3n) is 4.93. The molecule has 0 saturated carbocycles. The molecule has 8 heteroatoms. The Morgan fingerprint density at radius 1 is 1.32 bits per heavy atom. The van der Waals surface area contributed by atoms with Gasteiger partial charge in [0.15, 0.2) is 6.61 Å². The molecule has 0 aliphatic heterocycles. The smallest absolute Gasteiger partial charge is 0.349 e. The summed E-state index contributed by atoms with van der Waals surface area (Å²) < 4.78 is 26.1. The fourth-order valence-corrected chi connectivity index (χ4v) is 3.20. The molecule has 0 fully saturated rings. The molecule has 0 aliphatic carbocycles. The Hall–Kier alpha value is -3.73. The molecule has 1 aromatic carbocycles. The summed E-state index contributed by atoms with van der Waals surface area (Å²) >= 11 is 0. The number of rotatable bonds is 7. The minimum absolute atomic E-state index is 0.0442. The number of nitriles is 1. The molecule has 0 spiro atoms. The molecule has 7 nitrogen and oxygen atoms in total. The number of halogens is 1. The number of hydrogen-bond donors (Lipinski definition) is 0. The van der Waals surface area contributed by atoms with E-state index in [1.807, 2.05) is 26.0 Å². The molecule has 0 saturated heterocycles. The Labute approximate surface area is 179 Å². The van der Waals surface area contributed by atoms with Crippen molar-refractivity contribution in [1.82, 2.24) is 14.7 Å². The van der Waals surface area contributed by atoms with E-state index in [1.54, 1.807) is 19.1 Å². The molecule has 0 atom stereocenters. The van der Waals surface area contributed by atoms with Crippen LogP contribution in [0.5, 0.6) is 0 Å². The van der Waals surface area contributed by atoms with E-state index >= 15 is 0 Å². The standard InChI is InChI=1S/C23H23FN4O3/c1-5-8-28-15(3)9-18(16(28)4)10-19(12-25)23(29)30-13-21-26-22(27-31-21)17-7-6-14(2)20(24)11-17/h6-7,9-11H,5,8,13H2,1-4H3/b19-10+. The Kier molecular flexibility index (Phi) is 6.65. The van der Waals surface area contributed by atoms with Crippen LogP contribution < -0.4 is 0 Å². The van der Waals surface area contributed by atoms with Gasteiger partial charge in [-0.2, -0.15) is 10.2 Å². The number of esters is 1. The Bertz CT molecular complexity index is 1180. The number of aryl methyl sites for hydroxylation is 2. The molecule has 0 unspecified atom stereocenters. The molecule has 0 N–H and O–H groups in total. The highest BCUT2D eigenvalue weighted by Gasteiger charge is 2.16. The first-order valence-corrected chi connectivity index (χ1v) is 9.88. The van der Waals surface area contributed by atoms with E-state index < -0.39 is 5.97 Å². The van der Waals surface area contributed by atoms with Crippen LogP contribution in [0.4, 0.5) is 4.39 Å². The molecule has 3 rings (SSSR count). The second kappa shape index (κ2) is 9.39. The second-order valence-electron chi connectivity index (χ2n) is 7.20. The molecule has 0 amide bonds. The van der Waals surface area contributed by atoms with Crippen molar-refractivity contribution in [2.75, 3.05) is 0 Å². The van der Waals surface area contributed by atoms with Gasteiger partial charge in [-0.15, -0.1) is 0 Å². The van der Waals surface area contributed by atoms with E-state index in [0.29, 0.717) is 11.1 Å². The fourth-order valence-electron chi connectivity index (χ4n) is 3.20. The van der Waals surface area contributed by atoms with Crippen molar-refractivity contribution in [3.8, 4) is 17.5 Å². The van der Waals surface area contributed by atoms with Gasteiger partial charge < -0.3 is 13.8 Å². The average Bonchev–Trinajstić information content (AvgIpc) is 3.32. The number of hydrogen-bond acceptors (Lipinski definition) is 6. The monoisotopic (exact) mass is 422 g/mol. The van der Waals surface area contributed by atoms with E-state index in [9.17, 15) is 14.4 Å². The molecule has 0 bridgehead atoms. The minimum Gasteiger partial charge on any atom is -0.451 e. The lowest BCUT2D eigenvalue weighted by Gasteiger charge is -2.07. The van der Waals surface area contributed by atoms with E-state index in [1.165, 1.54) is 12.1 Å². The number of ether oxygens (including phenoxy) is 1. The van der Waals surface area contributed by atoms with E-state index in [-0.39, 0.29) is 29.7 Å². The summed E-state index contributed by atoms with van der Waals surface area (Å²) in [5.41, 5.74) is 3.66. The SMILES string of the molecule is CCCn1c(C)cc(/C=C(\C#N)C(=O)OCc2nc(-c3ccc(C)c(F)c3)no2)c1C. The topological polar surface area (TPSA) is 93.9 Å². The van der Waals surface area contributed by atoms with Gasteiger partial charge in [0.05, 0.1) is 0 Å². The number of carbonyl (C=O) groups is 1. The summed E-state index contributed by atoms with van der Waals surface area (Å²) in [6, 6.07) is 8.41. The molecule has 3 aromatic rings. The Morgan fingerprint density at radius 2 is 2.10 bits per heavy atom. The van der Waals surface area contributed by atoms with Crippen molar-refractivity contribution < 1.29 is 18.4 Å². The largest absolute Gasteiger partial charge is 0.451 e. The van der Waals surface area contributed by atoms with Crippen LogP contribution in [0.15, 0.2) is 34.4 Å². The molecule has 0 radical (unpaired) electrons. The molecule has 160 valence electrons. The Morgan fingerprint density at radius 3 is 2.77 bits per heavy atom. The zero-order valence-corrected chi connectivity index (χ0v) is 17.9. The highest BCUT2D eigenvalue weighted by atomic mass is 19.1. The summed E-state index contributed by atoms with van der Waals surface area (Å²) in [5.74, 6) is -0.937. The molecular weight excluding hydrogens is 399 g/mol. The van der Waals surface area contributed by atoms with E-state index in [0.717, 1.165) is 29.9 Å². The zero-order chi connectivity index (χ0) is 22.5. The third-order valence-corrected chi connectivity index (χ3v) is 4.93. The van der Waals surface area contributed by atoms with Crippen LogP contribution in [-0.4, -0.2) is 20.7 Å². The van der Waals surface area contributed by atoms with Crippen LogP contribution in [-0.2, 0) is 22.7 Å². The van der Waals surface area contributed by atoms with Crippen LogP contribution in [0.1, 0.15) is 41.8 Å². The van der Waals surface area contributed by atoms with E-state index in [2.05, 4.69) is 21.6 Å². The normalized spacial score (nSPS) is 11.4. The first kappa shape index (κ1) is 22.0. The molecular formula is C23H23FN4O3. The maximum Gasteiger partial charge on any atom is 0.349 e. The molecule has 31 heavy (non-hydrogen) atoms. The quantitative estimate of drug-likeness (QED) is 0.312. The predicted molar refractivity (Wildman–Crippen MR) is 112 cm³/mol. The number of benzene rings is 1. The van der Waals surface area contributed by atoms with Gasteiger partial charge in [0.1, 0.15) is 17.5 Å². The fraction of sp³-hybridized carbons (Fsp3) is 0.304. The maximum absolute atomic E-state index is 13.7. The highest BCUT2D eigenvalue weighted by molar-refractivity contribution is 5.98. The minimum atomic E-state index is -0.788. The van der Waals surface area contributed by atoms with Gasteiger partial charge in [-0.25, -0.2) is 9.18 Å². The second-order valence-corrected chi connectivity index (χ2v) is 7.20. The van der Waals surface area contributed by atoms with Crippen molar-refractivity contribution >= 4 is 12.0 Å². The summed E-state index contributed by atoms with van der Waals surface area (Å²) in [6.07, 6.45) is 2.50. The third kappa shape index (κ3) is 4.89. The van der Waals surface area contributed by atoms with E-state index in [4.69, 9.17) is 9.26 Å².